The van der Waals surface area contributed by atoms with Crippen LogP contribution in [0.1, 0.15) is 55.6 Å². The second-order valence-corrected chi connectivity index (χ2v) is 10.3. The molecule has 7 nitrogen and oxygen atoms in total. The van der Waals surface area contributed by atoms with Crippen LogP contribution in [0.4, 0.5) is 14.6 Å². The highest BCUT2D eigenvalue weighted by molar-refractivity contribution is 5.92. The molecule has 2 aromatic carbocycles. The predicted octanol–water partition coefficient (Wildman–Crippen LogP) is 5.21. The van der Waals surface area contributed by atoms with E-state index in [4.69, 9.17) is 14.6 Å². The standard InChI is InChI=1S/C28H34F2N4O3/c1-17(19-6-5-7-20(12-19)28(29,30)16-35)31-26-22-13-25(24(36-4)14-23(22)32-18(2)33-26)37-15-21-8-9-27(10-11-27)34(21)3/h5-7,12-14,17,21,35H,8-11,15-16H2,1-4H3,(H,31,32,33)/t17-,21+/m1/s1. The van der Waals surface area contributed by atoms with Crippen LogP contribution < -0.4 is 14.8 Å². The first kappa shape index (κ1) is 25.6. The fourth-order valence-electron chi connectivity index (χ4n) is 5.37. The molecule has 3 aromatic rings. The summed E-state index contributed by atoms with van der Waals surface area (Å²) in [7, 11) is 3.80. The van der Waals surface area contributed by atoms with Gasteiger partial charge in [-0.25, -0.2) is 9.97 Å². The van der Waals surface area contributed by atoms with Gasteiger partial charge in [0.05, 0.1) is 12.6 Å². The van der Waals surface area contributed by atoms with Gasteiger partial charge in [0.1, 0.15) is 24.9 Å². The van der Waals surface area contributed by atoms with E-state index in [2.05, 4.69) is 27.2 Å². The number of hydrogen-bond acceptors (Lipinski definition) is 7. The summed E-state index contributed by atoms with van der Waals surface area (Å²) in [5.41, 5.74) is 1.51. The highest BCUT2D eigenvalue weighted by Crippen LogP contribution is 2.51. The lowest BCUT2D eigenvalue weighted by atomic mass is 10.0. The zero-order valence-corrected chi connectivity index (χ0v) is 21.7. The lowest BCUT2D eigenvalue weighted by Gasteiger charge is -2.26. The molecule has 1 aliphatic heterocycles. The summed E-state index contributed by atoms with van der Waals surface area (Å²) in [6.07, 6.45) is 4.87. The Morgan fingerprint density at radius 2 is 1.97 bits per heavy atom. The molecule has 0 amide bonds. The highest BCUT2D eigenvalue weighted by atomic mass is 19.3. The summed E-state index contributed by atoms with van der Waals surface area (Å²) in [6, 6.07) is 9.83. The number of benzene rings is 2. The number of aromatic nitrogens is 2. The van der Waals surface area contributed by atoms with E-state index in [0.717, 1.165) is 11.8 Å². The Kier molecular flexibility index (Phi) is 6.70. The number of anilines is 1. The van der Waals surface area contributed by atoms with Gasteiger partial charge >= 0.3 is 0 Å². The molecule has 0 bridgehead atoms. The Labute approximate surface area is 215 Å². The number of aryl methyl sites for hydroxylation is 1. The van der Waals surface area contributed by atoms with Gasteiger partial charge in [-0.2, -0.15) is 8.78 Å². The summed E-state index contributed by atoms with van der Waals surface area (Å²) in [5, 5.41) is 13.2. The zero-order valence-electron chi connectivity index (χ0n) is 21.7. The lowest BCUT2D eigenvalue weighted by Crippen LogP contribution is -2.37. The molecule has 1 spiro atoms. The monoisotopic (exact) mass is 512 g/mol. The summed E-state index contributed by atoms with van der Waals surface area (Å²) in [6.45, 7) is 3.01. The number of nitrogens with one attached hydrogen (secondary N) is 1. The van der Waals surface area contributed by atoms with Crippen LogP contribution in [0.5, 0.6) is 11.5 Å². The van der Waals surface area contributed by atoms with Crippen molar-refractivity contribution in [2.24, 2.45) is 0 Å². The minimum absolute atomic E-state index is 0.227. The van der Waals surface area contributed by atoms with Crippen molar-refractivity contribution in [3.8, 4) is 11.5 Å². The van der Waals surface area contributed by atoms with E-state index in [-0.39, 0.29) is 11.6 Å². The van der Waals surface area contributed by atoms with Gasteiger partial charge in [-0.05, 0) is 64.3 Å². The van der Waals surface area contributed by atoms with Crippen molar-refractivity contribution in [2.45, 2.75) is 63.1 Å². The first-order chi connectivity index (χ1) is 17.7. The van der Waals surface area contributed by atoms with Crippen LogP contribution in [0.25, 0.3) is 10.9 Å². The zero-order chi connectivity index (χ0) is 26.4. The molecule has 1 aromatic heterocycles. The van der Waals surface area contributed by atoms with Crippen LogP contribution in [-0.4, -0.2) is 58.9 Å². The molecule has 1 saturated carbocycles. The highest BCUT2D eigenvalue weighted by Gasteiger charge is 2.52. The third-order valence-electron chi connectivity index (χ3n) is 7.95. The van der Waals surface area contributed by atoms with Crippen molar-refractivity contribution in [3.63, 3.8) is 0 Å². The number of alkyl halides is 2. The fourth-order valence-corrected chi connectivity index (χ4v) is 5.37. The van der Waals surface area contributed by atoms with Gasteiger partial charge in [0.25, 0.3) is 5.92 Å². The van der Waals surface area contributed by atoms with Crippen LogP contribution >= 0.6 is 0 Å². The SMILES string of the molecule is COc1cc2nc(C)nc(N[C@H](C)c3cccc(C(F)(F)CO)c3)c2cc1OC[C@@H]1CCC2(CC2)N1C. The van der Waals surface area contributed by atoms with Crippen LogP contribution in [0.2, 0.25) is 0 Å². The first-order valence-corrected chi connectivity index (χ1v) is 12.7. The Morgan fingerprint density at radius 1 is 1.19 bits per heavy atom. The van der Waals surface area contributed by atoms with Crippen LogP contribution in [0.15, 0.2) is 36.4 Å². The summed E-state index contributed by atoms with van der Waals surface area (Å²) in [5.74, 6) is -0.931. The molecular formula is C28H34F2N4O3. The number of fused-ring (bicyclic) bond motifs is 1. The van der Waals surface area contributed by atoms with E-state index < -0.39 is 12.5 Å². The summed E-state index contributed by atoms with van der Waals surface area (Å²) in [4.78, 5) is 11.7. The van der Waals surface area contributed by atoms with Crippen molar-refractivity contribution < 1.29 is 23.4 Å². The maximum atomic E-state index is 14.1. The molecule has 0 radical (unpaired) electrons. The number of rotatable bonds is 9. The average molecular weight is 513 g/mol. The third-order valence-corrected chi connectivity index (χ3v) is 7.95. The molecule has 2 N–H and O–H groups in total. The normalized spacial score (nSPS) is 19.8. The molecule has 1 aliphatic carbocycles. The van der Waals surface area contributed by atoms with E-state index in [1.54, 1.807) is 26.2 Å². The average Bonchev–Trinajstić information content (AvgIpc) is 3.62. The molecule has 9 heteroatoms. The minimum Gasteiger partial charge on any atom is -0.493 e. The number of likely N-dealkylation sites (N-methyl/N-ethyl adjacent to an activating group) is 1. The summed E-state index contributed by atoms with van der Waals surface area (Å²) >= 11 is 0. The topological polar surface area (TPSA) is 79.7 Å². The minimum atomic E-state index is -3.30. The van der Waals surface area contributed by atoms with Gasteiger partial charge in [0, 0.05) is 34.6 Å². The van der Waals surface area contributed by atoms with E-state index in [9.17, 15) is 8.78 Å². The molecule has 198 valence electrons. The number of hydrogen-bond donors (Lipinski definition) is 2. The van der Waals surface area contributed by atoms with Crippen LogP contribution in [0, 0.1) is 6.92 Å². The van der Waals surface area contributed by atoms with Crippen molar-refractivity contribution >= 4 is 16.7 Å². The van der Waals surface area contributed by atoms with Gasteiger partial charge in [-0.1, -0.05) is 18.2 Å². The Hall–Kier alpha value is -3.04. The number of likely N-dealkylation sites (tertiary alicyclic amines) is 1. The van der Waals surface area contributed by atoms with E-state index in [0.29, 0.717) is 52.4 Å². The fraction of sp³-hybridized carbons (Fsp3) is 0.500. The van der Waals surface area contributed by atoms with Gasteiger partial charge in [0.15, 0.2) is 11.5 Å². The molecule has 5 rings (SSSR count). The maximum Gasteiger partial charge on any atom is 0.295 e. The Bertz CT molecular complexity index is 1300. The van der Waals surface area contributed by atoms with Crippen molar-refractivity contribution in [1.29, 1.82) is 0 Å². The maximum absolute atomic E-state index is 14.1. The first-order valence-electron chi connectivity index (χ1n) is 12.7. The van der Waals surface area contributed by atoms with Crippen LogP contribution in [-0.2, 0) is 5.92 Å². The number of methoxy groups -OCH3 is 1. The number of nitrogens with zero attached hydrogens (tertiary/aromatic N) is 3. The molecular weight excluding hydrogens is 478 g/mol. The molecule has 2 aliphatic rings. The second-order valence-electron chi connectivity index (χ2n) is 10.3. The van der Waals surface area contributed by atoms with Gasteiger partial charge < -0.3 is 19.9 Å². The second kappa shape index (κ2) is 9.68. The molecule has 2 heterocycles. The molecule has 37 heavy (non-hydrogen) atoms. The Balaban J connectivity index is 1.42. The smallest absolute Gasteiger partial charge is 0.295 e. The van der Waals surface area contributed by atoms with Crippen LogP contribution in [0.3, 0.4) is 0 Å². The predicted molar refractivity (Wildman–Crippen MR) is 139 cm³/mol. The number of aliphatic hydroxyl groups is 1. The molecule has 1 saturated heterocycles. The van der Waals surface area contributed by atoms with E-state index in [1.807, 2.05) is 19.1 Å². The van der Waals surface area contributed by atoms with E-state index in [1.165, 1.54) is 31.4 Å². The summed E-state index contributed by atoms with van der Waals surface area (Å²) < 4.78 is 40.1. The van der Waals surface area contributed by atoms with Gasteiger partial charge in [-0.15, -0.1) is 0 Å². The molecule has 2 atom stereocenters. The lowest BCUT2D eigenvalue weighted by molar-refractivity contribution is -0.0556. The van der Waals surface area contributed by atoms with Crippen molar-refractivity contribution in [3.05, 3.63) is 53.3 Å². The van der Waals surface area contributed by atoms with Crippen molar-refractivity contribution in [2.75, 3.05) is 32.7 Å². The quantitative estimate of drug-likeness (QED) is 0.407. The third kappa shape index (κ3) is 4.94. The number of halogens is 2. The molecule has 2 fully saturated rings. The van der Waals surface area contributed by atoms with Crippen molar-refractivity contribution in [1.82, 2.24) is 14.9 Å². The number of ether oxygens (including phenoxy) is 2. The molecule has 0 unspecified atom stereocenters. The van der Waals surface area contributed by atoms with E-state index >= 15 is 0 Å². The largest absolute Gasteiger partial charge is 0.493 e. The van der Waals surface area contributed by atoms with Gasteiger partial charge in [0.2, 0.25) is 0 Å². The Morgan fingerprint density at radius 3 is 2.65 bits per heavy atom. The van der Waals surface area contributed by atoms with Gasteiger partial charge in [-0.3, -0.25) is 4.90 Å². The number of aliphatic hydroxyl groups excluding tert-OH is 1.